The number of rotatable bonds is 0. The molecule has 14 heavy (non-hydrogen) atoms. The van der Waals surface area contributed by atoms with Crippen molar-refractivity contribution in [1.82, 2.24) is 4.90 Å². The van der Waals surface area contributed by atoms with Crippen LogP contribution in [0.1, 0.15) is 52.9 Å². The summed E-state index contributed by atoms with van der Waals surface area (Å²) in [6.45, 7) is 6.82. The Bertz CT molecular complexity index is 209. The largest absolute Gasteiger partial charge is 0.391 e. The quantitative estimate of drug-likeness (QED) is 0.643. The van der Waals surface area contributed by atoms with E-state index in [1.807, 2.05) is 0 Å². The molecule has 2 bridgehead atoms. The van der Waals surface area contributed by atoms with E-state index < -0.39 is 0 Å². The van der Waals surface area contributed by atoms with E-state index in [4.69, 9.17) is 0 Å². The maximum atomic E-state index is 10.1. The number of nitrogens with zero attached hydrogens (tertiary/aromatic N) is 1. The van der Waals surface area contributed by atoms with Crippen molar-refractivity contribution in [2.24, 2.45) is 0 Å². The second kappa shape index (κ2) is 3.49. The second-order valence-corrected chi connectivity index (χ2v) is 5.87. The van der Waals surface area contributed by atoms with Gasteiger partial charge in [-0.1, -0.05) is 0 Å². The van der Waals surface area contributed by atoms with E-state index in [2.05, 4.69) is 25.7 Å². The number of fused-ring (bicyclic) bond motifs is 2. The smallest absolute Gasteiger partial charge is 0.0695 e. The summed E-state index contributed by atoms with van der Waals surface area (Å²) in [7, 11) is 0. The van der Waals surface area contributed by atoms with E-state index in [0.717, 1.165) is 12.5 Å². The average Bonchev–Trinajstić information content (AvgIpc) is 2.38. The van der Waals surface area contributed by atoms with Crippen molar-refractivity contribution in [3.05, 3.63) is 0 Å². The number of aliphatic hydroxyl groups excluding tert-OH is 1. The summed E-state index contributed by atoms with van der Waals surface area (Å²) in [6.07, 6.45) is 5.90. The zero-order chi connectivity index (χ0) is 10.3. The van der Waals surface area contributed by atoms with E-state index in [-0.39, 0.29) is 11.6 Å². The van der Waals surface area contributed by atoms with Gasteiger partial charge in [-0.25, -0.2) is 0 Å². The highest BCUT2D eigenvalue weighted by Crippen LogP contribution is 2.39. The van der Waals surface area contributed by atoms with Crippen LogP contribution < -0.4 is 0 Å². The molecule has 0 aromatic heterocycles. The van der Waals surface area contributed by atoms with E-state index in [0.29, 0.717) is 6.04 Å². The van der Waals surface area contributed by atoms with Gasteiger partial charge in [-0.05, 0) is 52.9 Å². The first-order valence-electron chi connectivity index (χ1n) is 5.96. The van der Waals surface area contributed by atoms with Gasteiger partial charge >= 0.3 is 0 Å². The molecule has 0 spiro atoms. The van der Waals surface area contributed by atoms with Crippen LogP contribution in [-0.4, -0.2) is 33.7 Å². The van der Waals surface area contributed by atoms with E-state index in [1.165, 1.54) is 25.7 Å². The molecule has 0 saturated carbocycles. The Kier molecular flexibility index (Phi) is 2.61. The van der Waals surface area contributed by atoms with Gasteiger partial charge in [-0.2, -0.15) is 0 Å². The number of hydrogen-bond donors (Lipinski definition) is 1. The maximum Gasteiger partial charge on any atom is 0.0695 e. The molecule has 2 heteroatoms. The Morgan fingerprint density at radius 1 is 1.07 bits per heavy atom. The molecule has 0 aromatic rings. The lowest BCUT2D eigenvalue weighted by Crippen LogP contribution is -2.51. The Balaban J connectivity index is 2.22. The van der Waals surface area contributed by atoms with Gasteiger partial charge in [0.2, 0.25) is 0 Å². The Morgan fingerprint density at radius 3 is 2.43 bits per heavy atom. The molecule has 82 valence electrons. The molecule has 2 fully saturated rings. The van der Waals surface area contributed by atoms with Crippen LogP contribution in [0.3, 0.4) is 0 Å². The predicted octanol–water partition coefficient (Wildman–Crippen LogP) is 2.16. The SMILES string of the molecule is CC(C)(C)N1C2CCC[C@H](O)C1CC2. The van der Waals surface area contributed by atoms with Crippen LogP contribution >= 0.6 is 0 Å². The molecular formula is C12H23NO. The summed E-state index contributed by atoms with van der Waals surface area (Å²) < 4.78 is 0. The number of aliphatic hydroxyl groups is 1. The minimum atomic E-state index is -0.0817. The fraction of sp³-hybridized carbons (Fsp3) is 1.00. The van der Waals surface area contributed by atoms with Gasteiger partial charge < -0.3 is 5.11 Å². The lowest BCUT2D eigenvalue weighted by atomic mass is 9.99. The molecular weight excluding hydrogens is 174 g/mol. The van der Waals surface area contributed by atoms with Gasteiger partial charge in [-0.15, -0.1) is 0 Å². The van der Waals surface area contributed by atoms with Gasteiger partial charge in [0.25, 0.3) is 0 Å². The van der Waals surface area contributed by atoms with Gasteiger partial charge in [0.15, 0.2) is 0 Å². The highest BCUT2D eigenvalue weighted by molar-refractivity contribution is 4.99. The molecule has 2 rings (SSSR count). The van der Waals surface area contributed by atoms with E-state index in [1.54, 1.807) is 0 Å². The molecule has 2 saturated heterocycles. The molecule has 1 N–H and O–H groups in total. The molecule has 0 aromatic carbocycles. The highest BCUT2D eigenvalue weighted by atomic mass is 16.3. The molecule has 3 atom stereocenters. The zero-order valence-corrected chi connectivity index (χ0v) is 9.66. The molecule has 2 heterocycles. The Morgan fingerprint density at radius 2 is 1.79 bits per heavy atom. The van der Waals surface area contributed by atoms with Gasteiger partial charge in [-0.3, -0.25) is 4.90 Å². The van der Waals surface area contributed by atoms with E-state index in [9.17, 15) is 5.11 Å². The molecule has 2 aliphatic heterocycles. The van der Waals surface area contributed by atoms with Crippen LogP contribution in [0.25, 0.3) is 0 Å². The summed E-state index contributed by atoms with van der Waals surface area (Å²) in [5.74, 6) is 0. The second-order valence-electron chi connectivity index (χ2n) is 5.87. The third-order valence-electron chi connectivity index (χ3n) is 3.80. The average molecular weight is 197 g/mol. The van der Waals surface area contributed by atoms with Gasteiger partial charge in [0.05, 0.1) is 6.10 Å². The third kappa shape index (κ3) is 1.70. The van der Waals surface area contributed by atoms with Crippen LogP contribution in [0.5, 0.6) is 0 Å². The molecule has 2 nitrogen and oxygen atoms in total. The molecule has 0 radical (unpaired) electrons. The van der Waals surface area contributed by atoms with Crippen molar-refractivity contribution >= 4 is 0 Å². The third-order valence-corrected chi connectivity index (χ3v) is 3.80. The zero-order valence-electron chi connectivity index (χ0n) is 9.66. The van der Waals surface area contributed by atoms with Crippen molar-refractivity contribution in [2.75, 3.05) is 0 Å². The maximum absolute atomic E-state index is 10.1. The molecule has 0 amide bonds. The summed E-state index contributed by atoms with van der Waals surface area (Å²) >= 11 is 0. The van der Waals surface area contributed by atoms with Crippen LogP contribution in [0.15, 0.2) is 0 Å². The van der Waals surface area contributed by atoms with Crippen molar-refractivity contribution in [1.29, 1.82) is 0 Å². The molecule has 2 aliphatic rings. The van der Waals surface area contributed by atoms with Crippen molar-refractivity contribution in [3.63, 3.8) is 0 Å². The molecule has 2 unspecified atom stereocenters. The Hall–Kier alpha value is -0.0800. The van der Waals surface area contributed by atoms with Crippen molar-refractivity contribution in [2.45, 2.75) is 76.6 Å². The monoisotopic (exact) mass is 197 g/mol. The normalized spacial score (nSPS) is 39.9. The van der Waals surface area contributed by atoms with Crippen LogP contribution in [0.4, 0.5) is 0 Å². The first kappa shape index (κ1) is 10.4. The predicted molar refractivity (Wildman–Crippen MR) is 58.3 cm³/mol. The van der Waals surface area contributed by atoms with Crippen LogP contribution in [-0.2, 0) is 0 Å². The standard InChI is InChI=1S/C12H23NO/c1-12(2,3)13-9-5-4-6-11(14)10(13)8-7-9/h9-11,14H,4-8H2,1-3H3/t9?,10?,11-/m0/s1. The highest BCUT2D eigenvalue weighted by Gasteiger charge is 2.44. The fourth-order valence-corrected chi connectivity index (χ4v) is 3.37. The summed E-state index contributed by atoms with van der Waals surface area (Å²) in [6, 6.07) is 1.17. The fourth-order valence-electron chi connectivity index (χ4n) is 3.37. The molecule has 0 aliphatic carbocycles. The summed E-state index contributed by atoms with van der Waals surface area (Å²) in [4.78, 5) is 2.57. The van der Waals surface area contributed by atoms with Crippen LogP contribution in [0, 0.1) is 0 Å². The summed E-state index contributed by atoms with van der Waals surface area (Å²) in [5.41, 5.74) is 0.219. The number of hydrogen-bond acceptors (Lipinski definition) is 2. The van der Waals surface area contributed by atoms with Crippen molar-refractivity contribution < 1.29 is 5.11 Å². The van der Waals surface area contributed by atoms with Gasteiger partial charge in [0, 0.05) is 17.6 Å². The van der Waals surface area contributed by atoms with Crippen molar-refractivity contribution in [3.8, 4) is 0 Å². The first-order valence-corrected chi connectivity index (χ1v) is 5.96. The lowest BCUT2D eigenvalue weighted by molar-refractivity contribution is 0.0138. The lowest BCUT2D eigenvalue weighted by Gasteiger charge is -2.41. The first-order chi connectivity index (χ1) is 6.50. The topological polar surface area (TPSA) is 23.5 Å². The summed E-state index contributed by atoms with van der Waals surface area (Å²) in [5, 5.41) is 10.1. The minimum absolute atomic E-state index is 0.0817. The Labute approximate surface area is 87.3 Å². The minimum Gasteiger partial charge on any atom is -0.391 e. The van der Waals surface area contributed by atoms with Crippen LogP contribution in [0.2, 0.25) is 0 Å². The van der Waals surface area contributed by atoms with Gasteiger partial charge in [0.1, 0.15) is 0 Å². The van der Waals surface area contributed by atoms with E-state index >= 15 is 0 Å².